The van der Waals surface area contributed by atoms with E-state index in [9.17, 15) is 8.42 Å². The molecule has 0 amide bonds. The van der Waals surface area contributed by atoms with Crippen molar-refractivity contribution in [2.75, 3.05) is 20.2 Å². The van der Waals surface area contributed by atoms with E-state index in [0.29, 0.717) is 42.0 Å². The van der Waals surface area contributed by atoms with E-state index in [-0.39, 0.29) is 6.10 Å². The van der Waals surface area contributed by atoms with Crippen LogP contribution in [0, 0.1) is 6.92 Å². The third kappa shape index (κ3) is 2.98. The molecule has 8 heteroatoms. The Hall–Kier alpha value is -0.960. The fourth-order valence-corrected chi connectivity index (χ4v) is 4.51. The van der Waals surface area contributed by atoms with E-state index < -0.39 is 10.0 Å². The normalized spacial score (nSPS) is 23.8. The highest BCUT2D eigenvalue weighted by atomic mass is 32.2. The van der Waals surface area contributed by atoms with Gasteiger partial charge in [0, 0.05) is 32.8 Å². The second-order valence-corrected chi connectivity index (χ2v) is 7.66. The van der Waals surface area contributed by atoms with Crippen LogP contribution in [0.1, 0.15) is 30.7 Å². The van der Waals surface area contributed by atoms with Gasteiger partial charge in [-0.2, -0.15) is 9.40 Å². The average Bonchev–Trinajstić information content (AvgIpc) is 3.00. The van der Waals surface area contributed by atoms with Crippen molar-refractivity contribution in [1.29, 1.82) is 0 Å². The van der Waals surface area contributed by atoms with Crippen LogP contribution in [0.25, 0.3) is 0 Å². The lowest BCUT2D eigenvalue weighted by Gasteiger charge is -2.17. The summed E-state index contributed by atoms with van der Waals surface area (Å²) in [6.45, 7) is 3.16. The van der Waals surface area contributed by atoms with Crippen molar-refractivity contribution in [1.82, 2.24) is 19.8 Å². The lowest BCUT2D eigenvalue weighted by Crippen LogP contribution is -2.31. The van der Waals surface area contributed by atoms with E-state index in [2.05, 4.69) is 15.5 Å². The summed E-state index contributed by atoms with van der Waals surface area (Å²) in [5.74, 6) is 0. The first-order valence-electron chi connectivity index (χ1n) is 7.32. The third-order valence-corrected chi connectivity index (χ3v) is 6.20. The maximum atomic E-state index is 12.8. The van der Waals surface area contributed by atoms with Gasteiger partial charge in [-0.15, -0.1) is 0 Å². The van der Waals surface area contributed by atoms with Gasteiger partial charge >= 0.3 is 0 Å². The Balaban J connectivity index is 1.82. The number of ether oxygens (including phenoxy) is 1. The molecule has 1 aromatic rings. The molecule has 0 spiro atoms. The van der Waals surface area contributed by atoms with Crippen molar-refractivity contribution in [3.8, 4) is 0 Å². The molecule has 1 saturated heterocycles. The average molecular weight is 314 g/mol. The zero-order chi connectivity index (χ0) is 15.0. The molecule has 1 aliphatic heterocycles. The zero-order valence-electron chi connectivity index (χ0n) is 12.4. The van der Waals surface area contributed by atoms with E-state index in [1.54, 1.807) is 14.0 Å². The number of sulfonamides is 1. The minimum Gasteiger partial charge on any atom is -0.380 e. The van der Waals surface area contributed by atoms with Crippen molar-refractivity contribution in [3.63, 3.8) is 0 Å². The molecule has 2 N–H and O–H groups in total. The molecular formula is C13H22N4O3S. The first-order chi connectivity index (χ1) is 10.0. The van der Waals surface area contributed by atoms with Gasteiger partial charge in [-0.25, -0.2) is 8.42 Å². The molecule has 1 aromatic heterocycles. The molecule has 1 atom stereocenters. The quantitative estimate of drug-likeness (QED) is 0.792. The monoisotopic (exact) mass is 314 g/mol. The smallest absolute Gasteiger partial charge is 0.246 e. The third-order valence-electron chi connectivity index (χ3n) is 4.14. The maximum Gasteiger partial charge on any atom is 0.246 e. The Morgan fingerprint density at radius 1 is 1.43 bits per heavy atom. The Bertz CT molecular complexity index is 609. The number of H-pyrrole nitrogens is 1. The lowest BCUT2D eigenvalue weighted by atomic mass is 10.3. The summed E-state index contributed by atoms with van der Waals surface area (Å²) in [5.41, 5.74) is 1.18. The van der Waals surface area contributed by atoms with E-state index in [0.717, 1.165) is 19.3 Å². The number of aromatic nitrogens is 2. The number of aryl methyl sites for hydroxylation is 1. The number of methoxy groups -OCH3 is 1. The summed E-state index contributed by atoms with van der Waals surface area (Å²) in [6, 6.07) is 0.516. The predicted octanol–water partition coefficient (Wildman–Crippen LogP) is 0.380. The van der Waals surface area contributed by atoms with Gasteiger partial charge in [-0.05, 0) is 26.2 Å². The SMILES string of the molecule is COC1CCN(S(=O)(=O)c2c(CNC3CC3)n[nH]c2C)C1. The van der Waals surface area contributed by atoms with Gasteiger partial charge in [0.2, 0.25) is 10.0 Å². The highest BCUT2D eigenvalue weighted by Gasteiger charge is 2.36. The Morgan fingerprint density at radius 3 is 2.81 bits per heavy atom. The fraction of sp³-hybridized carbons (Fsp3) is 0.769. The van der Waals surface area contributed by atoms with Gasteiger partial charge in [-0.1, -0.05) is 0 Å². The van der Waals surface area contributed by atoms with Crippen LogP contribution in [0.2, 0.25) is 0 Å². The van der Waals surface area contributed by atoms with Crippen LogP contribution in [0.15, 0.2) is 4.90 Å². The number of nitrogens with zero attached hydrogens (tertiary/aromatic N) is 2. The summed E-state index contributed by atoms with van der Waals surface area (Å²) in [7, 11) is -1.89. The predicted molar refractivity (Wildman–Crippen MR) is 77.4 cm³/mol. The molecule has 118 valence electrons. The second kappa shape index (κ2) is 5.68. The van der Waals surface area contributed by atoms with Crippen molar-refractivity contribution >= 4 is 10.0 Å². The van der Waals surface area contributed by atoms with E-state index in [1.807, 2.05) is 0 Å². The molecule has 2 fully saturated rings. The molecule has 7 nitrogen and oxygen atoms in total. The number of hydrogen-bond acceptors (Lipinski definition) is 5. The number of aromatic amines is 1. The summed E-state index contributed by atoms with van der Waals surface area (Å²) < 4.78 is 32.4. The van der Waals surface area contributed by atoms with Crippen LogP contribution < -0.4 is 5.32 Å². The van der Waals surface area contributed by atoms with Crippen molar-refractivity contribution in [2.24, 2.45) is 0 Å². The van der Waals surface area contributed by atoms with Crippen LogP contribution >= 0.6 is 0 Å². The first-order valence-corrected chi connectivity index (χ1v) is 8.76. The fourth-order valence-electron chi connectivity index (χ4n) is 2.70. The molecule has 2 heterocycles. The van der Waals surface area contributed by atoms with Gasteiger partial charge in [-0.3, -0.25) is 5.10 Å². The first kappa shape index (κ1) is 15.0. The van der Waals surface area contributed by atoms with Crippen LogP contribution in [0.5, 0.6) is 0 Å². The molecule has 1 aliphatic carbocycles. The number of nitrogens with one attached hydrogen (secondary N) is 2. The van der Waals surface area contributed by atoms with Crippen molar-refractivity contribution < 1.29 is 13.2 Å². The second-order valence-electron chi connectivity index (χ2n) is 5.79. The van der Waals surface area contributed by atoms with Gasteiger partial charge in [0.1, 0.15) is 4.90 Å². The largest absolute Gasteiger partial charge is 0.380 e. The van der Waals surface area contributed by atoms with Crippen LogP contribution in [-0.2, 0) is 21.3 Å². The molecule has 0 radical (unpaired) electrons. The van der Waals surface area contributed by atoms with E-state index >= 15 is 0 Å². The lowest BCUT2D eigenvalue weighted by molar-refractivity contribution is 0.115. The number of hydrogen-bond donors (Lipinski definition) is 2. The van der Waals surface area contributed by atoms with Gasteiger partial charge in [0.05, 0.1) is 17.5 Å². The summed E-state index contributed by atoms with van der Waals surface area (Å²) in [5, 5.41) is 10.3. The molecule has 21 heavy (non-hydrogen) atoms. The molecule has 2 aliphatic rings. The topological polar surface area (TPSA) is 87.3 Å². The van der Waals surface area contributed by atoms with Gasteiger partial charge < -0.3 is 10.1 Å². The van der Waals surface area contributed by atoms with Crippen LogP contribution in [0.4, 0.5) is 0 Å². The summed E-state index contributed by atoms with van der Waals surface area (Å²) in [6.07, 6.45) is 3.04. The van der Waals surface area contributed by atoms with Crippen LogP contribution in [-0.4, -0.2) is 55.3 Å². The van der Waals surface area contributed by atoms with Crippen LogP contribution in [0.3, 0.4) is 0 Å². The van der Waals surface area contributed by atoms with Crippen molar-refractivity contribution in [2.45, 2.75) is 49.8 Å². The zero-order valence-corrected chi connectivity index (χ0v) is 13.2. The standard InChI is InChI=1S/C13H22N4O3S/c1-9-13(12(16-15-9)7-14-10-3-4-10)21(18,19)17-6-5-11(8-17)20-2/h10-11,14H,3-8H2,1-2H3,(H,15,16). The minimum atomic E-state index is -3.51. The van der Waals surface area contributed by atoms with Crippen molar-refractivity contribution in [3.05, 3.63) is 11.4 Å². The highest BCUT2D eigenvalue weighted by Crippen LogP contribution is 2.27. The molecule has 0 bridgehead atoms. The highest BCUT2D eigenvalue weighted by molar-refractivity contribution is 7.89. The maximum absolute atomic E-state index is 12.8. The molecule has 0 aromatic carbocycles. The minimum absolute atomic E-state index is 0.0139. The molecular weight excluding hydrogens is 292 g/mol. The number of rotatable bonds is 6. The summed E-state index contributed by atoms with van der Waals surface area (Å²) in [4.78, 5) is 0.326. The molecule has 1 saturated carbocycles. The summed E-state index contributed by atoms with van der Waals surface area (Å²) >= 11 is 0. The Morgan fingerprint density at radius 2 is 2.19 bits per heavy atom. The molecule has 1 unspecified atom stereocenters. The van der Waals surface area contributed by atoms with Gasteiger partial charge in [0.15, 0.2) is 0 Å². The Labute approximate surface area is 125 Å². The van der Waals surface area contributed by atoms with E-state index in [4.69, 9.17) is 4.74 Å². The Kier molecular flexibility index (Phi) is 4.04. The molecule has 3 rings (SSSR count). The van der Waals surface area contributed by atoms with Gasteiger partial charge in [0.25, 0.3) is 0 Å². The van der Waals surface area contributed by atoms with E-state index in [1.165, 1.54) is 4.31 Å².